The fourth-order valence-corrected chi connectivity index (χ4v) is 6.99. The number of imidazole rings is 1. The molecule has 252 valence electrons. The lowest BCUT2D eigenvalue weighted by Crippen LogP contribution is -2.38. The second kappa shape index (κ2) is 12.7. The van der Waals surface area contributed by atoms with Gasteiger partial charge in [0.05, 0.1) is 23.7 Å². The molecule has 8 aromatic rings. The number of carbonyl (C=O) groups is 1. The summed E-state index contributed by atoms with van der Waals surface area (Å²) in [5.41, 5.74) is 6.62. The topological polar surface area (TPSA) is 82.7 Å². The van der Waals surface area contributed by atoms with Crippen LogP contribution in [-0.2, 0) is 5.54 Å². The van der Waals surface area contributed by atoms with Crippen LogP contribution in [0.5, 0.6) is 11.5 Å². The minimum Gasteiger partial charge on any atom is -0.454 e. The Bertz CT molecular complexity index is 2470. The Morgan fingerprint density at radius 2 is 1.33 bits per heavy atom. The molecule has 9 heteroatoms. The number of hydrogen-bond donors (Lipinski definition) is 1. The van der Waals surface area contributed by atoms with E-state index in [1.807, 2.05) is 51.8 Å². The zero-order valence-electron chi connectivity index (χ0n) is 27.7. The molecule has 8 nitrogen and oxygen atoms in total. The minimum absolute atomic E-state index is 0.0814. The van der Waals surface area contributed by atoms with E-state index in [4.69, 9.17) is 14.6 Å². The molecule has 1 amide bonds. The van der Waals surface area contributed by atoms with Crippen molar-refractivity contribution in [3.8, 4) is 33.9 Å². The number of aromatic nitrogens is 4. The van der Waals surface area contributed by atoms with E-state index in [-0.39, 0.29) is 12.4 Å². The first-order chi connectivity index (χ1) is 25.6. The number of carbonyl (C=O) groups excluding carboxylic acids is 1. The second-order valence-electron chi connectivity index (χ2n) is 12.5. The van der Waals surface area contributed by atoms with Gasteiger partial charge >= 0.3 is 0 Å². The molecular formula is C43H30FN5O3. The van der Waals surface area contributed by atoms with Crippen molar-refractivity contribution >= 4 is 17.2 Å². The van der Waals surface area contributed by atoms with Crippen molar-refractivity contribution in [2.75, 3.05) is 12.1 Å². The van der Waals surface area contributed by atoms with E-state index in [0.29, 0.717) is 34.1 Å². The minimum atomic E-state index is -0.749. The summed E-state index contributed by atoms with van der Waals surface area (Å²) in [7, 11) is 0. The van der Waals surface area contributed by atoms with Crippen LogP contribution in [0.25, 0.3) is 28.0 Å². The highest BCUT2D eigenvalue weighted by Gasteiger charge is 2.39. The first-order valence-corrected chi connectivity index (χ1v) is 16.8. The highest BCUT2D eigenvalue weighted by molar-refractivity contribution is 6.04. The third-order valence-corrected chi connectivity index (χ3v) is 9.48. The van der Waals surface area contributed by atoms with E-state index >= 15 is 4.39 Å². The van der Waals surface area contributed by atoms with Crippen LogP contribution in [0.3, 0.4) is 0 Å². The molecule has 0 saturated carbocycles. The maximum atomic E-state index is 15.5. The standard InChI is InChI=1S/C43H30FN5O3/c44-37-22-29(16-19-36(37)42(50)47-35-18-20-39-40(23-35)52-28-51-39)38-25-45-41-21-17-30(26-48(38)41)31-24-46-49(27-31)43(32-10-4-1-5-11-32,33-12-6-2-7-13-33)34-14-8-3-9-15-34/h1-27H,28H2,(H,47,50). The second-order valence-corrected chi connectivity index (χ2v) is 12.5. The van der Waals surface area contributed by atoms with Gasteiger partial charge in [0.2, 0.25) is 6.79 Å². The Kier molecular flexibility index (Phi) is 7.58. The van der Waals surface area contributed by atoms with Gasteiger partial charge in [-0.05, 0) is 53.1 Å². The summed E-state index contributed by atoms with van der Waals surface area (Å²) >= 11 is 0. The lowest BCUT2D eigenvalue weighted by molar-refractivity contribution is 0.102. The smallest absolute Gasteiger partial charge is 0.258 e. The van der Waals surface area contributed by atoms with Crippen LogP contribution in [0.2, 0.25) is 0 Å². The molecule has 0 aliphatic carbocycles. The Morgan fingerprint density at radius 1 is 0.673 bits per heavy atom. The summed E-state index contributed by atoms with van der Waals surface area (Å²) in [6.07, 6.45) is 7.62. The van der Waals surface area contributed by atoms with E-state index in [1.54, 1.807) is 30.5 Å². The molecule has 0 unspecified atom stereocenters. The molecule has 3 aromatic heterocycles. The van der Waals surface area contributed by atoms with Crippen LogP contribution >= 0.6 is 0 Å². The van der Waals surface area contributed by atoms with Gasteiger partial charge < -0.3 is 14.8 Å². The number of ether oxygens (including phenoxy) is 2. The molecule has 4 heterocycles. The Labute approximate surface area is 298 Å². The third-order valence-electron chi connectivity index (χ3n) is 9.48. The molecule has 0 radical (unpaired) electrons. The number of nitrogens with one attached hydrogen (secondary N) is 1. The quantitative estimate of drug-likeness (QED) is 0.162. The highest BCUT2D eigenvalue weighted by atomic mass is 19.1. The van der Waals surface area contributed by atoms with Gasteiger partial charge in [-0.3, -0.25) is 13.9 Å². The zero-order chi connectivity index (χ0) is 35.1. The molecule has 0 fully saturated rings. The fraction of sp³-hybridized carbons (Fsp3) is 0.0465. The first-order valence-electron chi connectivity index (χ1n) is 16.8. The summed E-state index contributed by atoms with van der Waals surface area (Å²) in [5, 5.41) is 7.76. The van der Waals surface area contributed by atoms with Gasteiger partial charge in [0.15, 0.2) is 11.5 Å². The number of nitrogens with zero attached hydrogens (tertiary/aromatic N) is 4. The first kappa shape index (κ1) is 31.0. The predicted molar refractivity (Wildman–Crippen MR) is 197 cm³/mol. The lowest BCUT2D eigenvalue weighted by Gasteiger charge is -2.36. The van der Waals surface area contributed by atoms with E-state index < -0.39 is 17.3 Å². The van der Waals surface area contributed by atoms with Crippen molar-refractivity contribution in [1.29, 1.82) is 0 Å². The van der Waals surface area contributed by atoms with E-state index in [0.717, 1.165) is 27.8 Å². The number of pyridine rings is 1. The molecule has 5 aromatic carbocycles. The summed E-state index contributed by atoms with van der Waals surface area (Å²) in [6, 6.07) is 44.7. The molecule has 0 atom stereocenters. The van der Waals surface area contributed by atoms with Crippen molar-refractivity contribution < 1.29 is 18.7 Å². The predicted octanol–water partition coefficient (Wildman–Crippen LogP) is 8.83. The van der Waals surface area contributed by atoms with Crippen LogP contribution in [0.15, 0.2) is 164 Å². The number of hydrogen-bond acceptors (Lipinski definition) is 5. The molecule has 52 heavy (non-hydrogen) atoms. The summed E-state index contributed by atoms with van der Waals surface area (Å²) in [5.74, 6) is -0.103. The Balaban J connectivity index is 1.07. The van der Waals surface area contributed by atoms with Crippen LogP contribution in [0.4, 0.5) is 10.1 Å². The molecule has 0 spiro atoms. The summed E-state index contributed by atoms with van der Waals surface area (Å²) < 4.78 is 30.2. The molecular weight excluding hydrogens is 654 g/mol. The van der Waals surface area contributed by atoms with E-state index in [2.05, 4.69) is 89.3 Å². The highest BCUT2D eigenvalue weighted by Crippen LogP contribution is 2.41. The third kappa shape index (κ3) is 5.27. The maximum Gasteiger partial charge on any atom is 0.258 e. The zero-order valence-corrected chi connectivity index (χ0v) is 27.7. The Hall–Kier alpha value is -7.00. The van der Waals surface area contributed by atoms with Crippen molar-refractivity contribution in [1.82, 2.24) is 19.2 Å². The van der Waals surface area contributed by atoms with Crippen molar-refractivity contribution in [2.24, 2.45) is 0 Å². The van der Waals surface area contributed by atoms with Crippen molar-refractivity contribution in [2.45, 2.75) is 5.54 Å². The van der Waals surface area contributed by atoms with E-state index in [9.17, 15) is 4.79 Å². The number of rotatable bonds is 8. The van der Waals surface area contributed by atoms with Gasteiger partial charge in [-0.15, -0.1) is 0 Å². The van der Waals surface area contributed by atoms with Gasteiger partial charge in [-0.25, -0.2) is 9.37 Å². The number of halogens is 1. The van der Waals surface area contributed by atoms with Crippen LogP contribution in [-0.4, -0.2) is 31.9 Å². The van der Waals surface area contributed by atoms with Crippen LogP contribution < -0.4 is 14.8 Å². The average molecular weight is 684 g/mol. The monoisotopic (exact) mass is 683 g/mol. The molecule has 1 N–H and O–H groups in total. The fourth-order valence-electron chi connectivity index (χ4n) is 6.99. The Morgan fingerprint density at radius 3 is 2.00 bits per heavy atom. The lowest BCUT2D eigenvalue weighted by atomic mass is 9.77. The summed E-state index contributed by atoms with van der Waals surface area (Å²) in [6.45, 7) is 0.120. The van der Waals surface area contributed by atoms with Gasteiger partial charge in [0.25, 0.3) is 5.91 Å². The molecule has 0 bridgehead atoms. The summed E-state index contributed by atoms with van der Waals surface area (Å²) in [4.78, 5) is 17.6. The molecule has 1 aliphatic heterocycles. The number of amides is 1. The number of benzene rings is 5. The van der Waals surface area contributed by atoms with Gasteiger partial charge in [-0.1, -0.05) is 97.1 Å². The van der Waals surface area contributed by atoms with E-state index in [1.165, 1.54) is 12.1 Å². The SMILES string of the molecule is O=C(Nc1ccc2c(c1)OCO2)c1ccc(-c2cnc3ccc(-c4cnn(C(c5ccccc5)(c5ccccc5)c5ccccc5)c4)cn23)cc1F. The number of fused-ring (bicyclic) bond motifs is 2. The normalized spacial score (nSPS) is 12.2. The van der Waals surface area contributed by atoms with Gasteiger partial charge in [0, 0.05) is 40.8 Å². The molecule has 0 saturated heterocycles. The number of anilines is 1. The van der Waals surface area contributed by atoms with Crippen LogP contribution in [0, 0.1) is 5.82 Å². The van der Waals surface area contributed by atoms with Crippen molar-refractivity contribution in [3.63, 3.8) is 0 Å². The van der Waals surface area contributed by atoms with Crippen LogP contribution in [0.1, 0.15) is 27.0 Å². The van der Waals surface area contributed by atoms with Gasteiger partial charge in [0.1, 0.15) is 17.0 Å². The largest absolute Gasteiger partial charge is 0.454 e. The van der Waals surface area contributed by atoms with Crippen molar-refractivity contribution in [3.05, 3.63) is 192 Å². The molecule has 1 aliphatic rings. The average Bonchev–Trinajstić information content (AvgIpc) is 3.97. The maximum absolute atomic E-state index is 15.5. The molecule has 9 rings (SSSR count). The van der Waals surface area contributed by atoms with Gasteiger partial charge in [-0.2, -0.15) is 5.10 Å².